The monoisotopic (exact) mass is 670 g/mol. The molecule has 0 atom stereocenters. The van der Waals surface area contributed by atoms with E-state index in [1.54, 1.807) is 0 Å². The molecule has 8 aromatic rings. The molecule has 0 amide bonds. The third-order valence-electron chi connectivity index (χ3n) is 8.06. The first-order chi connectivity index (χ1) is 22.8. The van der Waals surface area contributed by atoms with Crippen LogP contribution in [0.1, 0.15) is 31.8 Å². The molecule has 8 aromatic carbocycles. The zero-order valence-corrected chi connectivity index (χ0v) is 27.1. The van der Waals surface area contributed by atoms with Gasteiger partial charge in [-0.1, -0.05) is 79.2 Å². The van der Waals surface area contributed by atoms with E-state index in [2.05, 4.69) is 97.1 Å². The standard InChI is InChI=1S/C27H18.2C7H5FO2.Ti/c1-3-11-22-20(7-1)16-26-18(9-5-13-24(22)26)15-19-10-6-14-25-23-12-4-2-8-21(23)17-27(19)25;2*8-6-3-1-5(2-4-6)7(9)10;/h1-14,16-17H,15H2;2*1-4H,(H,9,10);/q-2;;;+2. The van der Waals surface area contributed by atoms with Gasteiger partial charge in [-0.05, 0) is 48.5 Å². The van der Waals surface area contributed by atoms with Crippen LogP contribution in [0.25, 0.3) is 43.1 Å². The van der Waals surface area contributed by atoms with Crippen LogP contribution in [0.2, 0.25) is 0 Å². The van der Waals surface area contributed by atoms with E-state index in [4.69, 9.17) is 10.2 Å². The topological polar surface area (TPSA) is 74.6 Å². The van der Waals surface area contributed by atoms with Gasteiger partial charge < -0.3 is 10.2 Å². The molecule has 4 nitrogen and oxygen atoms in total. The molecule has 8 rings (SSSR count). The van der Waals surface area contributed by atoms with Gasteiger partial charge in [-0.15, -0.1) is 78.5 Å². The maximum Gasteiger partial charge on any atom is 2.00 e. The molecular weight excluding hydrogens is 642 g/mol. The molecule has 0 fully saturated rings. The Hall–Kier alpha value is -5.43. The van der Waals surface area contributed by atoms with Crippen LogP contribution < -0.4 is 0 Å². The number of halogens is 2. The Kier molecular flexibility index (Phi) is 10.6. The molecule has 0 aliphatic rings. The largest absolute Gasteiger partial charge is 2.00 e. The fourth-order valence-corrected chi connectivity index (χ4v) is 5.78. The molecule has 0 saturated carbocycles. The van der Waals surface area contributed by atoms with Crippen molar-refractivity contribution in [3.05, 3.63) is 179 Å². The molecule has 0 spiro atoms. The van der Waals surface area contributed by atoms with Gasteiger partial charge >= 0.3 is 33.7 Å². The molecule has 7 heteroatoms. The van der Waals surface area contributed by atoms with Crippen molar-refractivity contribution in [3.63, 3.8) is 0 Å². The maximum atomic E-state index is 12.2. The first-order valence-corrected chi connectivity index (χ1v) is 14.9. The van der Waals surface area contributed by atoms with Gasteiger partial charge in [-0.25, -0.2) is 18.4 Å². The van der Waals surface area contributed by atoms with Gasteiger partial charge in [0.15, 0.2) is 0 Å². The number of carboxylic acid groups (broad SMARTS) is 2. The van der Waals surface area contributed by atoms with Crippen LogP contribution in [0.4, 0.5) is 8.78 Å². The Labute approximate surface area is 290 Å². The van der Waals surface area contributed by atoms with Crippen LogP contribution in [0.3, 0.4) is 0 Å². The normalized spacial score (nSPS) is 10.5. The van der Waals surface area contributed by atoms with Gasteiger partial charge in [0.1, 0.15) is 11.6 Å². The number of fused-ring (bicyclic) bond motifs is 6. The second-order valence-corrected chi connectivity index (χ2v) is 11.0. The summed E-state index contributed by atoms with van der Waals surface area (Å²) in [5, 5.41) is 27.6. The number of benzene rings is 6. The number of rotatable bonds is 4. The van der Waals surface area contributed by atoms with Crippen molar-refractivity contribution >= 4 is 55.0 Å². The minimum absolute atomic E-state index is 0. The van der Waals surface area contributed by atoms with Gasteiger partial charge in [0, 0.05) is 0 Å². The van der Waals surface area contributed by atoms with Crippen molar-refractivity contribution in [3.8, 4) is 0 Å². The Bertz CT molecular complexity index is 2190. The second kappa shape index (κ2) is 15.0. The molecule has 0 bridgehead atoms. The third-order valence-corrected chi connectivity index (χ3v) is 8.06. The number of aromatic carboxylic acids is 2. The summed E-state index contributed by atoms with van der Waals surface area (Å²) in [6.07, 6.45) is 0.960. The summed E-state index contributed by atoms with van der Waals surface area (Å²) >= 11 is 0. The molecule has 0 aromatic heterocycles. The van der Waals surface area contributed by atoms with Crippen LogP contribution in [-0.2, 0) is 28.1 Å². The quantitative estimate of drug-likeness (QED) is 0.144. The summed E-state index contributed by atoms with van der Waals surface area (Å²) in [5.74, 6) is -2.94. The van der Waals surface area contributed by atoms with Crippen molar-refractivity contribution in [1.29, 1.82) is 0 Å². The first kappa shape index (κ1) is 33.9. The summed E-state index contributed by atoms with van der Waals surface area (Å²) < 4.78 is 24.3. The van der Waals surface area contributed by atoms with Crippen LogP contribution >= 0.6 is 0 Å². The summed E-state index contributed by atoms with van der Waals surface area (Å²) in [7, 11) is 0. The van der Waals surface area contributed by atoms with Crippen LogP contribution in [0, 0.1) is 11.6 Å². The molecule has 0 heterocycles. The third kappa shape index (κ3) is 7.41. The van der Waals surface area contributed by atoms with Crippen molar-refractivity contribution in [1.82, 2.24) is 0 Å². The van der Waals surface area contributed by atoms with E-state index < -0.39 is 23.6 Å². The average Bonchev–Trinajstić information content (AvgIpc) is 3.66. The van der Waals surface area contributed by atoms with Crippen molar-refractivity contribution in [2.45, 2.75) is 6.42 Å². The van der Waals surface area contributed by atoms with E-state index in [1.165, 1.54) is 78.5 Å². The smallest absolute Gasteiger partial charge is 0.478 e. The number of hydrogen-bond donors (Lipinski definition) is 2. The number of hydrogen-bond acceptors (Lipinski definition) is 2. The molecule has 0 saturated heterocycles. The van der Waals surface area contributed by atoms with Gasteiger partial charge in [-0.2, -0.15) is 0 Å². The Balaban J connectivity index is 0.000000178. The molecule has 2 N–H and O–H groups in total. The van der Waals surface area contributed by atoms with Gasteiger partial charge in [0.25, 0.3) is 0 Å². The molecular formula is C41H28F2O4Ti. The zero-order valence-electron chi connectivity index (χ0n) is 25.5. The minimum Gasteiger partial charge on any atom is -0.478 e. The molecule has 0 aliphatic heterocycles. The fraction of sp³-hybridized carbons (Fsp3) is 0.0244. The average molecular weight is 671 g/mol. The second-order valence-electron chi connectivity index (χ2n) is 11.0. The summed E-state index contributed by atoms with van der Waals surface area (Å²) in [5.41, 5.74) is 3.01. The predicted molar refractivity (Wildman–Crippen MR) is 184 cm³/mol. The number of carbonyl (C=O) groups is 2. The summed E-state index contributed by atoms with van der Waals surface area (Å²) in [6, 6.07) is 44.9. The molecule has 0 aliphatic carbocycles. The van der Waals surface area contributed by atoms with Crippen molar-refractivity contribution in [2.24, 2.45) is 0 Å². The summed E-state index contributed by atoms with van der Waals surface area (Å²) in [4.78, 5) is 20.4. The van der Waals surface area contributed by atoms with E-state index in [0.717, 1.165) is 30.7 Å². The maximum absolute atomic E-state index is 12.2. The van der Waals surface area contributed by atoms with Crippen molar-refractivity contribution < 1.29 is 50.3 Å². The van der Waals surface area contributed by atoms with E-state index in [1.807, 2.05) is 0 Å². The van der Waals surface area contributed by atoms with E-state index in [9.17, 15) is 18.4 Å². The Morgan fingerprint density at radius 1 is 0.479 bits per heavy atom. The van der Waals surface area contributed by atoms with E-state index >= 15 is 0 Å². The van der Waals surface area contributed by atoms with E-state index in [-0.39, 0.29) is 32.8 Å². The summed E-state index contributed by atoms with van der Waals surface area (Å²) in [6.45, 7) is 0. The van der Waals surface area contributed by atoms with E-state index in [0.29, 0.717) is 0 Å². The fourth-order valence-electron chi connectivity index (χ4n) is 5.78. The molecule has 48 heavy (non-hydrogen) atoms. The van der Waals surface area contributed by atoms with Crippen LogP contribution in [0.15, 0.2) is 146 Å². The van der Waals surface area contributed by atoms with Crippen LogP contribution in [0.5, 0.6) is 0 Å². The first-order valence-electron chi connectivity index (χ1n) is 14.9. The molecule has 0 unspecified atom stereocenters. The van der Waals surface area contributed by atoms with Gasteiger partial charge in [0.05, 0.1) is 11.1 Å². The van der Waals surface area contributed by atoms with Gasteiger partial charge in [-0.3, -0.25) is 0 Å². The number of carboxylic acids is 2. The Morgan fingerprint density at radius 2 is 0.833 bits per heavy atom. The van der Waals surface area contributed by atoms with Crippen molar-refractivity contribution in [2.75, 3.05) is 0 Å². The van der Waals surface area contributed by atoms with Gasteiger partial charge in [0.2, 0.25) is 0 Å². The zero-order chi connectivity index (χ0) is 32.9. The van der Waals surface area contributed by atoms with Crippen LogP contribution in [-0.4, -0.2) is 22.2 Å². The predicted octanol–water partition coefficient (Wildman–Crippen LogP) is 10.4. The molecule has 234 valence electrons. The Morgan fingerprint density at radius 3 is 1.21 bits per heavy atom. The minimum atomic E-state index is -1.04. The molecule has 0 radical (unpaired) electrons. The SMILES string of the molecule is O=C(O)c1ccc(F)cc1.O=C(O)c1ccc(F)cc1.[Ti+2].c1ccc2c(c1)[cH-]c1c(Cc3cccc4c3[cH-]c3ccccc34)cccc12.